The van der Waals surface area contributed by atoms with Gasteiger partial charge in [0.2, 0.25) is 5.91 Å². The zero-order chi connectivity index (χ0) is 12.8. The smallest absolute Gasteiger partial charge is 0.329 e. The number of nitrogens with one attached hydrogen (secondary N) is 1. The van der Waals surface area contributed by atoms with Gasteiger partial charge in [-0.3, -0.25) is 4.79 Å². The number of aliphatic carboxylic acids is 1. The van der Waals surface area contributed by atoms with Gasteiger partial charge in [0.05, 0.1) is 0 Å². The number of hydrogen-bond donors (Lipinski definition) is 2. The molecule has 0 radical (unpaired) electrons. The Balaban J connectivity index is 2.45. The van der Waals surface area contributed by atoms with Crippen molar-refractivity contribution in [2.75, 3.05) is 18.5 Å². The van der Waals surface area contributed by atoms with Gasteiger partial charge in [0, 0.05) is 10.2 Å². The number of halogens is 1. The third kappa shape index (κ3) is 4.97. The Hall–Kier alpha value is -1.40. The summed E-state index contributed by atoms with van der Waals surface area (Å²) < 4.78 is 5.55. The molecule has 0 aliphatic heterocycles. The van der Waals surface area contributed by atoms with Gasteiger partial charge in [-0.1, -0.05) is 22.0 Å². The molecule has 6 heteroatoms. The lowest BCUT2D eigenvalue weighted by molar-refractivity contribution is -0.143. The van der Waals surface area contributed by atoms with E-state index in [2.05, 4.69) is 26.0 Å². The van der Waals surface area contributed by atoms with Gasteiger partial charge in [-0.05, 0) is 24.6 Å². The molecule has 0 aliphatic rings. The summed E-state index contributed by atoms with van der Waals surface area (Å²) in [6, 6.07) is 5.39. The molecule has 0 fully saturated rings. The Kier molecular flexibility index (Phi) is 5.11. The number of carboxylic acids is 1. The molecule has 1 aromatic rings. The predicted molar refractivity (Wildman–Crippen MR) is 66.0 cm³/mol. The molecule has 0 heterocycles. The van der Waals surface area contributed by atoms with E-state index in [1.807, 2.05) is 13.0 Å². The van der Waals surface area contributed by atoms with Gasteiger partial charge in [0.1, 0.15) is 13.2 Å². The summed E-state index contributed by atoms with van der Waals surface area (Å²) in [5, 5.41) is 10.9. The van der Waals surface area contributed by atoms with Gasteiger partial charge in [-0.2, -0.15) is 0 Å². The van der Waals surface area contributed by atoms with Crippen LogP contribution in [0.4, 0.5) is 5.69 Å². The second-order valence-electron chi connectivity index (χ2n) is 3.40. The third-order valence-electron chi connectivity index (χ3n) is 1.91. The lowest BCUT2D eigenvalue weighted by Crippen LogP contribution is -2.20. The molecule has 17 heavy (non-hydrogen) atoms. The maximum atomic E-state index is 11.3. The zero-order valence-corrected chi connectivity index (χ0v) is 10.8. The average Bonchev–Trinajstić information content (AvgIpc) is 2.23. The van der Waals surface area contributed by atoms with Crippen molar-refractivity contribution in [2.45, 2.75) is 6.92 Å². The van der Waals surface area contributed by atoms with Crippen LogP contribution < -0.4 is 5.32 Å². The van der Waals surface area contributed by atoms with Crippen LogP contribution in [0, 0.1) is 6.92 Å². The van der Waals surface area contributed by atoms with Crippen LogP contribution in [-0.2, 0) is 14.3 Å². The molecule has 5 nitrogen and oxygen atoms in total. The van der Waals surface area contributed by atoms with Crippen LogP contribution in [-0.4, -0.2) is 30.2 Å². The first kappa shape index (κ1) is 13.7. The SMILES string of the molecule is Cc1ccc(NC(=O)COCC(=O)O)cc1Br. The summed E-state index contributed by atoms with van der Waals surface area (Å²) in [6.45, 7) is 1.18. The highest BCUT2D eigenvalue weighted by Crippen LogP contribution is 2.20. The number of anilines is 1. The predicted octanol–water partition coefficient (Wildman–Crippen LogP) is 1.80. The molecule has 92 valence electrons. The van der Waals surface area contributed by atoms with Crippen LogP contribution in [0.25, 0.3) is 0 Å². The van der Waals surface area contributed by atoms with Crippen LogP contribution >= 0.6 is 15.9 Å². The highest BCUT2D eigenvalue weighted by atomic mass is 79.9. The van der Waals surface area contributed by atoms with Crippen LogP contribution in [0.5, 0.6) is 0 Å². The number of carbonyl (C=O) groups is 2. The summed E-state index contributed by atoms with van der Waals surface area (Å²) in [5.74, 6) is -1.49. The third-order valence-corrected chi connectivity index (χ3v) is 2.77. The second-order valence-corrected chi connectivity index (χ2v) is 4.25. The van der Waals surface area contributed by atoms with Crippen molar-refractivity contribution in [3.63, 3.8) is 0 Å². The summed E-state index contributed by atoms with van der Waals surface area (Å²) in [4.78, 5) is 21.5. The number of carboxylic acid groups (broad SMARTS) is 1. The molecule has 1 aromatic carbocycles. The Morgan fingerprint density at radius 3 is 2.71 bits per heavy atom. The molecule has 0 saturated carbocycles. The average molecular weight is 302 g/mol. The van der Waals surface area contributed by atoms with Gasteiger partial charge in [-0.25, -0.2) is 4.79 Å². The first-order chi connectivity index (χ1) is 7.99. The molecule has 0 unspecified atom stereocenters. The van der Waals surface area contributed by atoms with E-state index in [4.69, 9.17) is 5.11 Å². The Labute approximate surface area is 107 Å². The summed E-state index contributed by atoms with van der Waals surface area (Å²) in [5.41, 5.74) is 1.69. The quantitative estimate of drug-likeness (QED) is 0.869. The number of amides is 1. The van der Waals surface area contributed by atoms with Crippen molar-refractivity contribution >= 4 is 33.5 Å². The monoisotopic (exact) mass is 301 g/mol. The molecule has 0 aromatic heterocycles. The molecule has 0 saturated heterocycles. The minimum atomic E-state index is -1.10. The fraction of sp³-hybridized carbons (Fsp3) is 0.273. The second kappa shape index (κ2) is 6.36. The van der Waals surface area contributed by atoms with Crippen molar-refractivity contribution in [3.05, 3.63) is 28.2 Å². The summed E-state index contributed by atoms with van der Waals surface area (Å²) >= 11 is 3.35. The minimum Gasteiger partial charge on any atom is -0.480 e. The largest absolute Gasteiger partial charge is 0.480 e. The molecule has 0 spiro atoms. The Morgan fingerprint density at radius 1 is 1.41 bits per heavy atom. The minimum absolute atomic E-state index is 0.280. The lowest BCUT2D eigenvalue weighted by Gasteiger charge is -2.06. The van der Waals surface area contributed by atoms with Gasteiger partial charge >= 0.3 is 5.97 Å². The van der Waals surface area contributed by atoms with Crippen molar-refractivity contribution in [3.8, 4) is 0 Å². The standard InChI is InChI=1S/C11H12BrNO4/c1-7-2-3-8(4-9(7)12)13-10(14)5-17-6-11(15)16/h2-4H,5-6H2,1H3,(H,13,14)(H,15,16). The fourth-order valence-corrected chi connectivity index (χ4v) is 1.48. The van der Waals surface area contributed by atoms with E-state index in [0.29, 0.717) is 5.69 Å². The van der Waals surface area contributed by atoms with Crippen LogP contribution in [0.3, 0.4) is 0 Å². The highest BCUT2D eigenvalue weighted by Gasteiger charge is 2.05. The highest BCUT2D eigenvalue weighted by molar-refractivity contribution is 9.10. The van der Waals surface area contributed by atoms with Crippen molar-refractivity contribution in [2.24, 2.45) is 0 Å². The van der Waals surface area contributed by atoms with E-state index >= 15 is 0 Å². The van der Waals surface area contributed by atoms with E-state index in [1.54, 1.807) is 12.1 Å². The van der Waals surface area contributed by atoms with Gasteiger partial charge in [-0.15, -0.1) is 0 Å². The Morgan fingerprint density at radius 2 is 2.12 bits per heavy atom. The molecule has 0 aliphatic carbocycles. The first-order valence-corrected chi connectivity index (χ1v) is 5.64. The Bertz CT molecular complexity index is 433. The van der Waals surface area contributed by atoms with E-state index in [9.17, 15) is 9.59 Å². The van der Waals surface area contributed by atoms with Crippen molar-refractivity contribution in [1.29, 1.82) is 0 Å². The van der Waals surface area contributed by atoms with E-state index < -0.39 is 12.6 Å². The van der Waals surface area contributed by atoms with Crippen molar-refractivity contribution < 1.29 is 19.4 Å². The van der Waals surface area contributed by atoms with Crippen LogP contribution in [0.15, 0.2) is 22.7 Å². The normalized spacial score (nSPS) is 10.0. The molecular formula is C11H12BrNO4. The first-order valence-electron chi connectivity index (χ1n) is 4.84. The molecule has 0 atom stereocenters. The maximum absolute atomic E-state index is 11.3. The fourth-order valence-electron chi connectivity index (χ4n) is 1.10. The van der Waals surface area contributed by atoms with Gasteiger partial charge < -0.3 is 15.2 Å². The van der Waals surface area contributed by atoms with E-state index in [1.165, 1.54) is 0 Å². The molecule has 0 bridgehead atoms. The summed E-state index contributed by atoms with van der Waals surface area (Å²) in [6.07, 6.45) is 0. The number of aryl methyl sites for hydroxylation is 1. The number of rotatable bonds is 5. The van der Waals surface area contributed by atoms with Crippen molar-refractivity contribution in [1.82, 2.24) is 0 Å². The molecule has 1 rings (SSSR count). The maximum Gasteiger partial charge on any atom is 0.329 e. The van der Waals surface area contributed by atoms with E-state index in [0.717, 1.165) is 10.0 Å². The van der Waals surface area contributed by atoms with Gasteiger partial charge in [0.15, 0.2) is 0 Å². The zero-order valence-electron chi connectivity index (χ0n) is 9.20. The van der Waals surface area contributed by atoms with Crippen LogP contribution in [0.1, 0.15) is 5.56 Å². The topological polar surface area (TPSA) is 75.6 Å². The number of carbonyl (C=O) groups excluding carboxylic acids is 1. The molecule has 1 amide bonds. The van der Waals surface area contributed by atoms with Gasteiger partial charge in [0.25, 0.3) is 0 Å². The molecule has 2 N–H and O–H groups in total. The number of benzene rings is 1. The number of hydrogen-bond acceptors (Lipinski definition) is 3. The lowest BCUT2D eigenvalue weighted by atomic mass is 10.2. The number of ether oxygens (including phenoxy) is 1. The van der Waals surface area contributed by atoms with Crippen LogP contribution in [0.2, 0.25) is 0 Å². The summed E-state index contributed by atoms with van der Waals surface area (Å²) in [7, 11) is 0. The molecular weight excluding hydrogens is 290 g/mol. The van der Waals surface area contributed by atoms with E-state index in [-0.39, 0.29) is 12.5 Å².